The van der Waals surface area contributed by atoms with Crippen molar-refractivity contribution in [2.75, 3.05) is 49.6 Å². The number of likely N-dealkylation sites (N-methyl/N-ethyl adjacent to an activating group) is 1. The van der Waals surface area contributed by atoms with Crippen molar-refractivity contribution in [1.82, 2.24) is 14.8 Å². The van der Waals surface area contributed by atoms with E-state index in [0.29, 0.717) is 26.1 Å². The number of anilines is 2. The van der Waals surface area contributed by atoms with E-state index in [-0.39, 0.29) is 35.3 Å². The van der Waals surface area contributed by atoms with Gasteiger partial charge in [-0.1, -0.05) is 11.6 Å². The minimum Gasteiger partial charge on any atom is -0.392 e. The van der Waals surface area contributed by atoms with Crippen molar-refractivity contribution in [3.05, 3.63) is 52.4 Å². The molecule has 2 aliphatic rings. The number of hydrogen-bond acceptors (Lipinski definition) is 5. The lowest BCUT2D eigenvalue weighted by Gasteiger charge is -2.27. The fraction of sp³-hybridized carbons (Fsp3) is 0.458. The third-order valence-corrected chi connectivity index (χ3v) is 6.83. The SMILES string of the molecule is Cc1cc(C(F)(F)F)cc(N2C(=O)N(CCN3CC[C@@H](O)C3)C[C@H]2C(=O)N(C)c2ccc(F)c(Cl)c2)n1. The molecule has 0 unspecified atom stereocenters. The number of β-amino-alcohol motifs (C(OH)–C–C–N with tert-alkyl or cyclic N) is 1. The van der Waals surface area contributed by atoms with Crippen LogP contribution in [0.3, 0.4) is 0 Å². The number of aromatic nitrogens is 1. The Balaban J connectivity index is 1.66. The highest BCUT2D eigenvalue weighted by Crippen LogP contribution is 2.34. The van der Waals surface area contributed by atoms with Crippen LogP contribution in [0.2, 0.25) is 5.02 Å². The molecular weight excluding hydrogens is 518 g/mol. The van der Waals surface area contributed by atoms with Crippen LogP contribution in [-0.2, 0) is 11.0 Å². The molecule has 0 bridgehead atoms. The molecule has 0 saturated carbocycles. The van der Waals surface area contributed by atoms with Crippen LogP contribution in [0, 0.1) is 12.7 Å². The summed E-state index contributed by atoms with van der Waals surface area (Å²) in [5.74, 6) is -1.57. The Hall–Kier alpha value is -2.96. The smallest absolute Gasteiger partial charge is 0.392 e. The van der Waals surface area contributed by atoms with E-state index in [1.807, 2.05) is 4.90 Å². The molecule has 13 heteroatoms. The molecule has 1 N–H and O–H groups in total. The summed E-state index contributed by atoms with van der Waals surface area (Å²) in [6.45, 7) is 3.02. The average molecular weight is 544 g/mol. The van der Waals surface area contributed by atoms with Gasteiger partial charge in [-0.25, -0.2) is 14.2 Å². The third kappa shape index (κ3) is 5.81. The van der Waals surface area contributed by atoms with Gasteiger partial charge in [-0.05, 0) is 43.7 Å². The normalized spacial score (nSPS) is 20.7. The molecule has 2 saturated heterocycles. The molecule has 37 heavy (non-hydrogen) atoms. The highest BCUT2D eigenvalue weighted by atomic mass is 35.5. The van der Waals surface area contributed by atoms with Crippen LogP contribution >= 0.6 is 11.6 Å². The van der Waals surface area contributed by atoms with E-state index in [2.05, 4.69) is 4.98 Å². The Morgan fingerprint density at radius 1 is 1.22 bits per heavy atom. The standard InChI is InChI=1S/C24H26ClF4N5O3/c1-14-9-15(24(27,28)29)10-21(30-14)34-20(22(36)31(2)16-3-4-19(26)18(25)11-16)13-33(23(34)37)8-7-32-6-5-17(35)12-32/h3-4,9-11,17,20,35H,5-8,12-13H2,1-2H3/t17-,20+/m1/s1. The van der Waals surface area contributed by atoms with Crippen molar-refractivity contribution in [1.29, 1.82) is 0 Å². The second-order valence-electron chi connectivity index (χ2n) is 9.21. The monoisotopic (exact) mass is 543 g/mol. The Bertz CT molecular complexity index is 1200. The maximum Gasteiger partial charge on any atom is 0.416 e. The summed E-state index contributed by atoms with van der Waals surface area (Å²) in [5.41, 5.74) is -0.703. The summed E-state index contributed by atoms with van der Waals surface area (Å²) in [4.78, 5) is 36.7. The maximum atomic E-state index is 13.6. The summed E-state index contributed by atoms with van der Waals surface area (Å²) in [6, 6.07) is 3.44. The van der Waals surface area contributed by atoms with Crippen molar-refractivity contribution in [3.63, 3.8) is 0 Å². The number of halogens is 5. The molecule has 0 radical (unpaired) electrons. The number of aliphatic hydroxyl groups excluding tert-OH is 1. The van der Waals surface area contributed by atoms with Crippen LogP contribution in [0.4, 0.5) is 33.9 Å². The van der Waals surface area contributed by atoms with Gasteiger partial charge in [-0.15, -0.1) is 0 Å². The minimum atomic E-state index is -4.68. The van der Waals surface area contributed by atoms with Gasteiger partial charge in [0.25, 0.3) is 5.91 Å². The Morgan fingerprint density at radius 2 is 1.95 bits per heavy atom. The van der Waals surface area contributed by atoms with E-state index in [9.17, 15) is 32.3 Å². The first kappa shape index (κ1) is 27.1. The van der Waals surface area contributed by atoms with Gasteiger partial charge in [0, 0.05) is 44.6 Å². The summed E-state index contributed by atoms with van der Waals surface area (Å²) in [7, 11) is 1.41. The second kappa shape index (κ2) is 10.4. The number of hydrogen-bond donors (Lipinski definition) is 1. The molecule has 3 amide bonds. The number of likely N-dealkylation sites (tertiary alicyclic amines) is 1. The average Bonchev–Trinajstić information content (AvgIpc) is 3.39. The molecule has 2 atom stereocenters. The predicted octanol–water partition coefficient (Wildman–Crippen LogP) is 3.54. The number of aliphatic hydroxyl groups is 1. The van der Waals surface area contributed by atoms with E-state index in [4.69, 9.17) is 11.6 Å². The number of benzene rings is 1. The van der Waals surface area contributed by atoms with Crippen molar-refractivity contribution in [3.8, 4) is 0 Å². The molecule has 4 rings (SSSR count). The Kier molecular flexibility index (Phi) is 7.63. The zero-order valence-electron chi connectivity index (χ0n) is 20.2. The van der Waals surface area contributed by atoms with Crippen molar-refractivity contribution in [2.45, 2.75) is 31.7 Å². The first-order valence-corrected chi connectivity index (χ1v) is 12.0. The van der Waals surface area contributed by atoms with Gasteiger partial charge in [0.1, 0.15) is 17.7 Å². The van der Waals surface area contributed by atoms with E-state index < -0.39 is 41.6 Å². The van der Waals surface area contributed by atoms with Crippen molar-refractivity contribution < 1.29 is 32.3 Å². The van der Waals surface area contributed by atoms with Gasteiger partial charge in [-0.3, -0.25) is 14.6 Å². The predicted molar refractivity (Wildman–Crippen MR) is 129 cm³/mol. The number of alkyl halides is 3. The van der Waals surface area contributed by atoms with E-state index in [0.717, 1.165) is 23.1 Å². The lowest BCUT2D eigenvalue weighted by atomic mass is 10.1. The number of nitrogens with zero attached hydrogens (tertiary/aromatic N) is 5. The van der Waals surface area contributed by atoms with E-state index >= 15 is 0 Å². The molecule has 1 aromatic carbocycles. The van der Waals surface area contributed by atoms with E-state index in [1.54, 1.807) is 0 Å². The molecule has 200 valence electrons. The third-order valence-electron chi connectivity index (χ3n) is 6.54. The van der Waals surface area contributed by atoms with Crippen LogP contribution in [0.25, 0.3) is 0 Å². The molecule has 1 aromatic heterocycles. The number of aryl methyl sites for hydroxylation is 1. The molecule has 2 fully saturated rings. The first-order valence-electron chi connectivity index (χ1n) is 11.6. The fourth-order valence-corrected chi connectivity index (χ4v) is 4.72. The summed E-state index contributed by atoms with van der Waals surface area (Å²) in [5, 5.41) is 9.55. The number of rotatable bonds is 6. The molecule has 2 aliphatic heterocycles. The highest BCUT2D eigenvalue weighted by Gasteiger charge is 2.45. The van der Waals surface area contributed by atoms with Gasteiger partial charge in [-0.2, -0.15) is 13.2 Å². The quantitative estimate of drug-likeness (QED) is 0.564. The second-order valence-corrected chi connectivity index (χ2v) is 9.61. The molecule has 3 heterocycles. The summed E-state index contributed by atoms with van der Waals surface area (Å²) in [6.07, 6.45) is -4.52. The zero-order chi connectivity index (χ0) is 27.1. The van der Waals surface area contributed by atoms with Crippen LogP contribution in [0.5, 0.6) is 0 Å². The van der Waals surface area contributed by atoms with E-state index in [1.165, 1.54) is 35.9 Å². The number of urea groups is 1. The first-order chi connectivity index (χ1) is 17.3. The van der Waals surface area contributed by atoms with Gasteiger partial charge in [0.2, 0.25) is 0 Å². The van der Waals surface area contributed by atoms with Crippen LogP contribution in [-0.4, -0.2) is 83.7 Å². The largest absolute Gasteiger partial charge is 0.416 e. The van der Waals surface area contributed by atoms with Crippen LogP contribution in [0.15, 0.2) is 30.3 Å². The molecular formula is C24H26ClF4N5O3. The van der Waals surface area contributed by atoms with Gasteiger partial charge < -0.3 is 14.9 Å². The fourth-order valence-electron chi connectivity index (χ4n) is 4.55. The summed E-state index contributed by atoms with van der Waals surface area (Å²) >= 11 is 5.86. The van der Waals surface area contributed by atoms with Gasteiger partial charge >= 0.3 is 12.2 Å². The minimum absolute atomic E-state index is 0.0343. The van der Waals surface area contributed by atoms with Gasteiger partial charge in [0.15, 0.2) is 0 Å². The Labute approximate surface area is 216 Å². The maximum absolute atomic E-state index is 13.6. The topological polar surface area (TPSA) is 80.2 Å². The van der Waals surface area contributed by atoms with Crippen LogP contribution in [0.1, 0.15) is 17.7 Å². The van der Waals surface area contributed by atoms with Crippen molar-refractivity contribution in [2.24, 2.45) is 0 Å². The lowest BCUT2D eigenvalue weighted by molar-refractivity contribution is -0.137. The molecule has 0 spiro atoms. The Morgan fingerprint density at radius 3 is 2.57 bits per heavy atom. The lowest BCUT2D eigenvalue weighted by Crippen LogP contribution is -2.47. The number of carbonyl (C=O) groups is 2. The molecule has 2 aromatic rings. The van der Waals surface area contributed by atoms with Crippen molar-refractivity contribution >= 4 is 35.0 Å². The molecule has 0 aliphatic carbocycles. The number of amides is 3. The zero-order valence-corrected chi connectivity index (χ0v) is 20.9. The highest BCUT2D eigenvalue weighted by molar-refractivity contribution is 6.31. The van der Waals surface area contributed by atoms with Crippen LogP contribution < -0.4 is 9.80 Å². The van der Waals surface area contributed by atoms with Gasteiger partial charge in [0.05, 0.1) is 23.2 Å². The summed E-state index contributed by atoms with van der Waals surface area (Å²) < 4.78 is 54.2. The number of carbonyl (C=O) groups excluding carboxylic acids is 2. The molecule has 8 nitrogen and oxygen atoms in total. The number of pyridine rings is 1.